The Bertz CT molecular complexity index is 272. The number of carbonyl (C=O) groups excluding carboxylic acids is 2. The number of rotatable bonds is 3. The van der Waals surface area contributed by atoms with Crippen LogP contribution in [-0.2, 0) is 9.59 Å². The van der Waals surface area contributed by atoms with E-state index < -0.39 is 11.3 Å². The van der Waals surface area contributed by atoms with Crippen LogP contribution < -0.4 is 0 Å². The number of likely N-dealkylation sites (tertiary alicyclic amines) is 1. The highest BCUT2D eigenvalue weighted by atomic mass is 35.5. The van der Waals surface area contributed by atoms with Gasteiger partial charge in [-0.1, -0.05) is 0 Å². The Hall–Kier alpha value is -1.08. The summed E-state index contributed by atoms with van der Waals surface area (Å²) in [6, 6.07) is 1.41. The lowest BCUT2D eigenvalue weighted by Gasteiger charge is -2.19. The molecule has 0 aromatic carbocycles. The number of hydrogen-bond acceptors (Lipinski definition) is 3. The highest BCUT2D eigenvalue weighted by molar-refractivity contribution is 6.64. The number of halogens is 1. The summed E-state index contributed by atoms with van der Waals surface area (Å²) in [7, 11) is 0. The molecule has 0 radical (unpaired) electrons. The molecule has 0 aromatic heterocycles. The largest absolute Gasteiger partial charge is 0.330 e. The Labute approximate surface area is 81.1 Å². The molecule has 13 heavy (non-hydrogen) atoms. The maximum Gasteiger partial charge on any atom is 0.244 e. The molecule has 70 valence electrons. The lowest BCUT2D eigenvalue weighted by molar-refractivity contribution is -0.131. The topological polar surface area (TPSA) is 61.2 Å². The molecular weight excluding hydrogens is 192 g/mol. The zero-order valence-corrected chi connectivity index (χ0v) is 7.75. The third-order valence-corrected chi connectivity index (χ3v) is 2.31. The van der Waals surface area contributed by atoms with E-state index in [-0.39, 0.29) is 12.3 Å². The third kappa shape index (κ3) is 2.19. The van der Waals surface area contributed by atoms with Crippen molar-refractivity contribution in [3.63, 3.8) is 0 Å². The number of nitrogens with zero attached hydrogens (tertiary/aromatic N) is 2. The second kappa shape index (κ2) is 4.24. The Kier molecular flexibility index (Phi) is 3.26. The van der Waals surface area contributed by atoms with Gasteiger partial charge in [-0.05, 0) is 18.0 Å². The van der Waals surface area contributed by atoms with E-state index in [1.165, 1.54) is 4.90 Å². The molecular formula is C8H9ClN2O2. The third-order valence-electron chi connectivity index (χ3n) is 2.05. The standard InChI is InChI=1S/C8H9ClN2O2/c9-8(13)6-2-3-7(12)11(6)5-1-4-10/h6H,1-3,5H2. The molecule has 1 heterocycles. The molecule has 1 aliphatic rings. The van der Waals surface area contributed by atoms with E-state index in [1.54, 1.807) is 0 Å². The first-order valence-electron chi connectivity index (χ1n) is 4.02. The summed E-state index contributed by atoms with van der Waals surface area (Å²) in [5, 5.41) is 7.82. The monoisotopic (exact) mass is 200 g/mol. The van der Waals surface area contributed by atoms with Crippen LogP contribution in [0, 0.1) is 11.3 Å². The van der Waals surface area contributed by atoms with Crippen LogP contribution in [0.4, 0.5) is 0 Å². The number of carbonyl (C=O) groups is 2. The molecule has 1 rings (SSSR count). The van der Waals surface area contributed by atoms with Gasteiger partial charge in [0.2, 0.25) is 11.1 Å². The minimum Gasteiger partial charge on any atom is -0.330 e. The van der Waals surface area contributed by atoms with Crippen LogP contribution in [0.5, 0.6) is 0 Å². The Balaban J connectivity index is 2.61. The maximum absolute atomic E-state index is 11.2. The van der Waals surface area contributed by atoms with Gasteiger partial charge in [0.15, 0.2) is 0 Å². The second-order valence-corrected chi connectivity index (χ2v) is 3.23. The smallest absolute Gasteiger partial charge is 0.244 e. The molecule has 4 nitrogen and oxygen atoms in total. The van der Waals surface area contributed by atoms with Gasteiger partial charge in [0.05, 0.1) is 12.5 Å². The molecule has 0 N–H and O–H groups in total. The van der Waals surface area contributed by atoms with E-state index in [9.17, 15) is 9.59 Å². The molecule has 1 unspecified atom stereocenters. The number of amides is 1. The minimum atomic E-state index is -0.512. The quantitative estimate of drug-likeness (QED) is 0.629. The summed E-state index contributed by atoms with van der Waals surface area (Å²) in [6.45, 7) is 0.304. The van der Waals surface area contributed by atoms with Crippen molar-refractivity contribution in [2.24, 2.45) is 0 Å². The van der Waals surface area contributed by atoms with Crippen molar-refractivity contribution < 1.29 is 9.59 Å². The van der Waals surface area contributed by atoms with Gasteiger partial charge in [0.1, 0.15) is 6.04 Å². The van der Waals surface area contributed by atoms with Crippen molar-refractivity contribution in [2.45, 2.75) is 25.3 Å². The summed E-state index contributed by atoms with van der Waals surface area (Å²) in [5.74, 6) is -0.0887. The average Bonchev–Trinajstić information content (AvgIpc) is 2.43. The summed E-state index contributed by atoms with van der Waals surface area (Å²) in [4.78, 5) is 23.4. The highest BCUT2D eigenvalue weighted by Crippen LogP contribution is 2.20. The van der Waals surface area contributed by atoms with Crippen LogP contribution in [0.25, 0.3) is 0 Å². The van der Waals surface area contributed by atoms with Gasteiger partial charge in [0, 0.05) is 13.0 Å². The van der Waals surface area contributed by atoms with Gasteiger partial charge in [-0.2, -0.15) is 5.26 Å². The van der Waals surface area contributed by atoms with Crippen molar-refractivity contribution in [1.82, 2.24) is 4.90 Å². The Morgan fingerprint density at radius 1 is 1.77 bits per heavy atom. The number of hydrogen-bond donors (Lipinski definition) is 0. The fourth-order valence-corrected chi connectivity index (χ4v) is 1.65. The Morgan fingerprint density at radius 2 is 2.46 bits per heavy atom. The van der Waals surface area contributed by atoms with Crippen molar-refractivity contribution in [1.29, 1.82) is 5.26 Å². The van der Waals surface area contributed by atoms with Gasteiger partial charge in [-0.15, -0.1) is 0 Å². The van der Waals surface area contributed by atoms with Crippen molar-refractivity contribution in [3.05, 3.63) is 0 Å². The van der Waals surface area contributed by atoms with E-state index in [0.717, 1.165) is 0 Å². The molecule has 0 spiro atoms. The van der Waals surface area contributed by atoms with Crippen molar-refractivity contribution in [2.75, 3.05) is 6.54 Å². The summed E-state index contributed by atoms with van der Waals surface area (Å²) in [6.07, 6.45) is 1.08. The molecule has 5 heteroatoms. The van der Waals surface area contributed by atoms with Gasteiger partial charge < -0.3 is 4.90 Å². The van der Waals surface area contributed by atoms with Gasteiger partial charge >= 0.3 is 0 Å². The first kappa shape index (κ1) is 10.0. The van der Waals surface area contributed by atoms with Crippen molar-refractivity contribution >= 4 is 22.8 Å². The summed E-state index contributed by atoms with van der Waals surface area (Å²) >= 11 is 5.31. The van der Waals surface area contributed by atoms with Gasteiger partial charge in [0.25, 0.3) is 0 Å². The Morgan fingerprint density at radius 3 is 3.00 bits per heavy atom. The SMILES string of the molecule is N#CCCN1C(=O)CCC1C(=O)Cl. The second-order valence-electron chi connectivity index (χ2n) is 2.85. The predicted octanol–water partition coefficient (Wildman–Crippen LogP) is 0.656. The van der Waals surface area contributed by atoms with Crippen LogP contribution in [0.15, 0.2) is 0 Å². The van der Waals surface area contributed by atoms with Crippen LogP contribution in [0.1, 0.15) is 19.3 Å². The molecule has 1 fully saturated rings. The molecule has 0 saturated carbocycles. The predicted molar refractivity (Wildman–Crippen MR) is 45.8 cm³/mol. The normalized spacial score (nSPS) is 21.7. The summed E-state index contributed by atoms with van der Waals surface area (Å²) in [5.41, 5.74) is 0. The van der Waals surface area contributed by atoms with Crippen LogP contribution in [0.2, 0.25) is 0 Å². The van der Waals surface area contributed by atoms with Crippen molar-refractivity contribution in [3.8, 4) is 6.07 Å². The fraction of sp³-hybridized carbons (Fsp3) is 0.625. The maximum atomic E-state index is 11.2. The first-order valence-corrected chi connectivity index (χ1v) is 4.40. The molecule has 0 aliphatic carbocycles. The van der Waals surface area contributed by atoms with Crippen LogP contribution >= 0.6 is 11.6 Å². The lowest BCUT2D eigenvalue weighted by Crippen LogP contribution is -2.37. The minimum absolute atomic E-state index is 0.0887. The zero-order valence-electron chi connectivity index (χ0n) is 6.99. The molecule has 1 saturated heterocycles. The molecule has 0 bridgehead atoms. The molecule has 1 aliphatic heterocycles. The van der Waals surface area contributed by atoms with E-state index in [1.807, 2.05) is 6.07 Å². The van der Waals surface area contributed by atoms with Crippen LogP contribution in [0.3, 0.4) is 0 Å². The van der Waals surface area contributed by atoms with E-state index >= 15 is 0 Å². The lowest BCUT2D eigenvalue weighted by atomic mass is 10.2. The average molecular weight is 201 g/mol. The number of nitriles is 1. The molecule has 1 atom stereocenters. The van der Waals surface area contributed by atoms with Gasteiger partial charge in [-0.3, -0.25) is 9.59 Å². The summed E-state index contributed by atoms with van der Waals surface area (Å²) < 4.78 is 0. The van der Waals surface area contributed by atoms with Crippen LogP contribution in [-0.4, -0.2) is 28.6 Å². The highest BCUT2D eigenvalue weighted by Gasteiger charge is 2.34. The van der Waals surface area contributed by atoms with E-state index in [0.29, 0.717) is 19.4 Å². The zero-order chi connectivity index (χ0) is 9.84. The van der Waals surface area contributed by atoms with E-state index in [2.05, 4.69) is 0 Å². The molecule has 1 amide bonds. The molecule has 0 aromatic rings. The fourth-order valence-electron chi connectivity index (χ4n) is 1.42. The van der Waals surface area contributed by atoms with E-state index in [4.69, 9.17) is 16.9 Å². The van der Waals surface area contributed by atoms with Gasteiger partial charge in [-0.25, -0.2) is 0 Å². The first-order chi connectivity index (χ1) is 6.16.